The van der Waals surface area contributed by atoms with Gasteiger partial charge in [0, 0.05) is 0 Å². The van der Waals surface area contributed by atoms with Gasteiger partial charge in [-0.1, -0.05) is 5.16 Å². The van der Waals surface area contributed by atoms with E-state index < -0.39 is 6.04 Å². The summed E-state index contributed by atoms with van der Waals surface area (Å²) in [5.74, 6) is 0.423. The van der Waals surface area contributed by atoms with E-state index in [1.54, 1.807) is 19.1 Å². The summed E-state index contributed by atoms with van der Waals surface area (Å²) in [6, 6.07) is 2.84. The van der Waals surface area contributed by atoms with Crippen molar-refractivity contribution in [2.75, 3.05) is 0 Å². The normalized spacial score (nSPS) is 14.7. The van der Waals surface area contributed by atoms with Crippen LogP contribution in [0.1, 0.15) is 12.7 Å². The van der Waals surface area contributed by atoms with Gasteiger partial charge in [0.05, 0.1) is 12.3 Å². The zero-order valence-electron chi connectivity index (χ0n) is 6.56. The first kappa shape index (κ1) is 8.76. The third-order valence-corrected chi connectivity index (χ3v) is 1.49. The smallest absolute Gasteiger partial charge is 0.153 e. The summed E-state index contributed by atoms with van der Waals surface area (Å²) in [6.07, 6.45) is 1.46. The van der Waals surface area contributed by atoms with Gasteiger partial charge in [0.2, 0.25) is 0 Å². The molecule has 0 aromatic carbocycles. The summed E-state index contributed by atoms with van der Waals surface area (Å²) in [5, 5.41) is 20.1. The van der Waals surface area contributed by atoms with Crippen LogP contribution in [0.4, 0.5) is 0 Å². The lowest BCUT2D eigenvalue weighted by molar-refractivity contribution is 0.153. The lowest BCUT2D eigenvalue weighted by Crippen LogP contribution is -2.31. The number of furan rings is 1. The van der Waals surface area contributed by atoms with Gasteiger partial charge in [-0.3, -0.25) is 0 Å². The Labute approximate surface area is 69.3 Å². The van der Waals surface area contributed by atoms with Crippen LogP contribution < -0.4 is 5.48 Å². The van der Waals surface area contributed by atoms with Gasteiger partial charge in [0.15, 0.2) is 5.76 Å². The molecule has 3 N–H and O–H groups in total. The maximum absolute atomic E-state index is 8.58. The van der Waals surface area contributed by atoms with Crippen LogP contribution in [-0.4, -0.2) is 22.2 Å². The Kier molecular flexibility index (Phi) is 2.84. The fourth-order valence-corrected chi connectivity index (χ4v) is 0.835. The van der Waals surface area contributed by atoms with Crippen LogP contribution in [0.15, 0.2) is 28.0 Å². The van der Waals surface area contributed by atoms with Gasteiger partial charge in [-0.15, -0.1) is 0 Å². The predicted molar refractivity (Wildman–Crippen MR) is 41.4 cm³/mol. The van der Waals surface area contributed by atoms with Gasteiger partial charge >= 0.3 is 0 Å². The first-order chi connectivity index (χ1) is 5.79. The molecule has 0 saturated heterocycles. The van der Waals surface area contributed by atoms with Crippen molar-refractivity contribution in [3.05, 3.63) is 24.2 Å². The molecule has 0 bridgehead atoms. The first-order valence-corrected chi connectivity index (χ1v) is 3.45. The molecule has 0 unspecified atom stereocenters. The second-order valence-electron chi connectivity index (χ2n) is 2.31. The number of rotatable bonds is 3. The van der Waals surface area contributed by atoms with Gasteiger partial charge in [0.1, 0.15) is 5.71 Å². The summed E-state index contributed by atoms with van der Waals surface area (Å²) >= 11 is 0. The van der Waals surface area contributed by atoms with E-state index in [-0.39, 0.29) is 5.71 Å². The van der Waals surface area contributed by atoms with Crippen molar-refractivity contribution in [3.63, 3.8) is 0 Å². The highest BCUT2D eigenvalue weighted by Crippen LogP contribution is 2.05. The minimum Gasteiger partial charge on any atom is -0.463 e. The van der Waals surface area contributed by atoms with Crippen LogP contribution in [0.5, 0.6) is 0 Å². The number of hydroxylamine groups is 1. The highest BCUT2D eigenvalue weighted by Gasteiger charge is 2.14. The molecule has 0 aliphatic rings. The Hall–Kier alpha value is -1.33. The van der Waals surface area contributed by atoms with Crippen molar-refractivity contribution >= 4 is 5.71 Å². The molecule has 0 saturated carbocycles. The minimum absolute atomic E-state index is 0.252. The van der Waals surface area contributed by atoms with Gasteiger partial charge in [0.25, 0.3) is 0 Å². The van der Waals surface area contributed by atoms with E-state index in [0.717, 1.165) is 0 Å². The van der Waals surface area contributed by atoms with Gasteiger partial charge in [-0.05, 0) is 19.1 Å². The van der Waals surface area contributed by atoms with E-state index in [4.69, 9.17) is 14.8 Å². The molecular formula is C7H10N2O3. The van der Waals surface area contributed by atoms with Crippen LogP contribution >= 0.6 is 0 Å². The van der Waals surface area contributed by atoms with E-state index >= 15 is 0 Å². The highest BCUT2D eigenvalue weighted by molar-refractivity contribution is 6.01. The Morgan fingerprint density at radius 3 is 2.92 bits per heavy atom. The first-order valence-electron chi connectivity index (χ1n) is 3.45. The summed E-state index contributed by atoms with van der Waals surface area (Å²) in [7, 11) is 0. The van der Waals surface area contributed by atoms with Crippen molar-refractivity contribution in [1.29, 1.82) is 0 Å². The van der Waals surface area contributed by atoms with E-state index in [9.17, 15) is 0 Å². The van der Waals surface area contributed by atoms with Crippen molar-refractivity contribution in [1.82, 2.24) is 5.48 Å². The third kappa shape index (κ3) is 1.63. The standard InChI is InChI=1S/C7H10N2O3/c1-5(8-10)7(9-11)6-3-2-4-12-6/h2-5,8,10-11H,1H3/b9-7+/t5-/m0/s1. The highest BCUT2D eigenvalue weighted by atomic mass is 16.5. The van der Waals surface area contributed by atoms with Gasteiger partial charge in [-0.25, -0.2) is 0 Å². The van der Waals surface area contributed by atoms with Gasteiger partial charge < -0.3 is 14.8 Å². The fourth-order valence-electron chi connectivity index (χ4n) is 0.835. The second kappa shape index (κ2) is 3.89. The lowest BCUT2D eigenvalue weighted by Gasteiger charge is -2.07. The zero-order valence-corrected chi connectivity index (χ0v) is 6.56. The molecule has 0 aliphatic heterocycles. The molecule has 0 fully saturated rings. The molecule has 1 atom stereocenters. The lowest BCUT2D eigenvalue weighted by atomic mass is 10.2. The zero-order chi connectivity index (χ0) is 8.97. The molecule has 12 heavy (non-hydrogen) atoms. The summed E-state index contributed by atoms with van der Waals surface area (Å²) in [4.78, 5) is 0. The number of nitrogens with zero attached hydrogens (tertiary/aromatic N) is 1. The quantitative estimate of drug-likeness (QED) is 0.356. The predicted octanol–water partition coefficient (Wildman–Crippen LogP) is 0.825. The molecule has 1 rings (SSSR count). The average Bonchev–Trinajstić information content (AvgIpc) is 2.58. The molecule has 1 aromatic rings. The topological polar surface area (TPSA) is 78.0 Å². The summed E-state index contributed by atoms with van der Waals surface area (Å²) in [5.41, 5.74) is 2.21. The van der Waals surface area contributed by atoms with Crippen LogP contribution in [0.3, 0.4) is 0 Å². The number of hydrogen-bond donors (Lipinski definition) is 3. The van der Waals surface area contributed by atoms with Crippen LogP contribution in [0.25, 0.3) is 0 Å². The van der Waals surface area contributed by atoms with Crippen molar-refractivity contribution in [3.8, 4) is 0 Å². The van der Waals surface area contributed by atoms with Crippen molar-refractivity contribution in [2.24, 2.45) is 5.16 Å². The number of hydrogen-bond acceptors (Lipinski definition) is 5. The molecule has 1 aromatic heterocycles. The van der Waals surface area contributed by atoms with Crippen LogP contribution in [0, 0.1) is 0 Å². The molecule has 0 aliphatic carbocycles. The van der Waals surface area contributed by atoms with Gasteiger partial charge in [-0.2, -0.15) is 5.48 Å². The Morgan fingerprint density at radius 2 is 2.50 bits per heavy atom. The fraction of sp³-hybridized carbons (Fsp3) is 0.286. The molecule has 5 nitrogen and oxygen atoms in total. The van der Waals surface area contributed by atoms with E-state index in [1.165, 1.54) is 6.26 Å². The maximum atomic E-state index is 8.58. The molecule has 0 radical (unpaired) electrons. The molecule has 5 heteroatoms. The number of nitrogens with one attached hydrogen (secondary N) is 1. The van der Waals surface area contributed by atoms with Crippen molar-refractivity contribution in [2.45, 2.75) is 13.0 Å². The SMILES string of the molecule is C[C@H](NO)/C(=N\O)c1ccco1. The molecule has 66 valence electrons. The molecular weight excluding hydrogens is 160 g/mol. The second-order valence-corrected chi connectivity index (χ2v) is 2.31. The molecule has 0 amide bonds. The maximum Gasteiger partial charge on any atom is 0.153 e. The Bertz CT molecular complexity index is 256. The average molecular weight is 170 g/mol. The minimum atomic E-state index is -0.471. The van der Waals surface area contributed by atoms with E-state index in [2.05, 4.69) is 5.16 Å². The Morgan fingerprint density at radius 1 is 1.75 bits per heavy atom. The number of oxime groups is 1. The molecule has 1 heterocycles. The summed E-state index contributed by atoms with van der Waals surface area (Å²) in [6.45, 7) is 1.64. The van der Waals surface area contributed by atoms with E-state index in [0.29, 0.717) is 5.76 Å². The third-order valence-electron chi connectivity index (χ3n) is 1.49. The largest absolute Gasteiger partial charge is 0.463 e. The molecule has 0 spiro atoms. The monoisotopic (exact) mass is 170 g/mol. The van der Waals surface area contributed by atoms with E-state index in [1.807, 2.05) is 5.48 Å². The summed E-state index contributed by atoms with van der Waals surface area (Å²) < 4.78 is 4.97. The van der Waals surface area contributed by atoms with Crippen molar-refractivity contribution < 1.29 is 14.8 Å². The van der Waals surface area contributed by atoms with Crippen LogP contribution in [0.2, 0.25) is 0 Å². The van der Waals surface area contributed by atoms with Crippen LogP contribution in [-0.2, 0) is 0 Å². The Balaban J connectivity index is 2.85.